The van der Waals surface area contributed by atoms with Crippen molar-refractivity contribution in [1.82, 2.24) is 14.5 Å². The molecule has 0 fully saturated rings. The Morgan fingerprint density at radius 2 is 2.15 bits per heavy atom. The summed E-state index contributed by atoms with van der Waals surface area (Å²) in [5, 5.41) is 0. The van der Waals surface area contributed by atoms with Gasteiger partial charge in [0.1, 0.15) is 6.04 Å². The van der Waals surface area contributed by atoms with Crippen LogP contribution in [0.15, 0.2) is 12.1 Å². The van der Waals surface area contributed by atoms with Crippen LogP contribution in [0, 0.1) is 10.6 Å². The zero-order chi connectivity index (χ0) is 15.0. The first-order chi connectivity index (χ1) is 9.36. The van der Waals surface area contributed by atoms with Gasteiger partial charge in [0, 0.05) is 26.2 Å². The molecule has 0 saturated carbocycles. The van der Waals surface area contributed by atoms with Crippen LogP contribution in [-0.4, -0.2) is 41.6 Å². The lowest BCUT2D eigenvalue weighted by molar-refractivity contribution is -0.131. The van der Waals surface area contributed by atoms with Crippen LogP contribution in [0.2, 0.25) is 0 Å². The lowest BCUT2D eigenvalue weighted by atomic mass is 10.2. The van der Waals surface area contributed by atoms with Crippen molar-refractivity contribution in [2.75, 3.05) is 21.2 Å². The predicted molar refractivity (Wildman–Crippen MR) is 77.0 cm³/mol. The van der Waals surface area contributed by atoms with E-state index in [9.17, 15) is 9.18 Å². The molecule has 0 spiro atoms. The maximum absolute atomic E-state index is 13.7. The molecule has 0 radical (unpaired) electrons. The number of benzene rings is 1. The molecule has 5 nitrogen and oxygen atoms in total. The van der Waals surface area contributed by atoms with Crippen molar-refractivity contribution in [2.24, 2.45) is 0 Å². The van der Waals surface area contributed by atoms with E-state index in [1.807, 2.05) is 0 Å². The molecule has 1 heterocycles. The number of nitrogens with one attached hydrogen (secondary N) is 1. The number of carbonyl (C=O) groups is 1. The molecule has 1 N–H and O–H groups in total. The van der Waals surface area contributed by atoms with Gasteiger partial charge in [-0.05, 0) is 19.1 Å². The van der Waals surface area contributed by atoms with Crippen LogP contribution < -0.4 is 4.74 Å². The van der Waals surface area contributed by atoms with E-state index >= 15 is 0 Å². The standard InChI is InChI=1S/C13H16FN3O2S/c1-7(12(18)16(2)3)17-10-6-11(19-4)8(14)5-9(10)15-13(17)20/h5-7H,1-4H3,(H,15,20). The first kappa shape index (κ1) is 14.5. The van der Waals surface area contributed by atoms with Crippen LogP contribution >= 0.6 is 12.2 Å². The average Bonchev–Trinajstić information content (AvgIpc) is 2.70. The lowest BCUT2D eigenvalue weighted by Crippen LogP contribution is -2.30. The van der Waals surface area contributed by atoms with Gasteiger partial charge in [-0.15, -0.1) is 0 Å². The predicted octanol–water partition coefficient (Wildman–Crippen LogP) is 2.50. The molecule has 108 valence electrons. The maximum atomic E-state index is 13.7. The van der Waals surface area contributed by atoms with Crippen molar-refractivity contribution in [2.45, 2.75) is 13.0 Å². The minimum atomic E-state index is -0.485. The topological polar surface area (TPSA) is 50.3 Å². The third-order valence-electron chi connectivity index (χ3n) is 3.18. The maximum Gasteiger partial charge on any atom is 0.244 e. The van der Waals surface area contributed by atoms with Crippen molar-refractivity contribution < 1.29 is 13.9 Å². The summed E-state index contributed by atoms with van der Waals surface area (Å²) in [4.78, 5) is 16.5. The van der Waals surface area contributed by atoms with Gasteiger partial charge in [-0.25, -0.2) is 4.39 Å². The van der Waals surface area contributed by atoms with Gasteiger partial charge in [0.05, 0.1) is 18.1 Å². The molecule has 2 rings (SSSR count). The van der Waals surface area contributed by atoms with Crippen molar-refractivity contribution in [3.05, 3.63) is 22.7 Å². The van der Waals surface area contributed by atoms with E-state index in [2.05, 4.69) is 4.98 Å². The number of carbonyl (C=O) groups excluding carboxylic acids is 1. The minimum Gasteiger partial charge on any atom is -0.494 e. The number of ether oxygens (including phenoxy) is 1. The summed E-state index contributed by atoms with van der Waals surface area (Å²) in [5.41, 5.74) is 1.17. The first-order valence-electron chi connectivity index (χ1n) is 6.05. The molecule has 2 aromatic rings. The molecule has 0 saturated heterocycles. The second-order valence-corrected chi connectivity index (χ2v) is 5.10. The summed E-state index contributed by atoms with van der Waals surface area (Å²) >= 11 is 5.23. The SMILES string of the molecule is COc1cc2c(cc1F)[nH]c(=S)n2C(C)C(=O)N(C)C. The number of hydrogen-bond acceptors (Lipinski definition) is 3. The number of amides is 1. The number of fused-ring (bicyclic) bond motifs is 1. The number of likely N-dealkylation sites (N-methyl/N-ethyl adjacent to an activating group) is 1. The van der Waals surface area contributed by atoms with Gasteiger partial charge in [0.2, 0.25) is 5.91 Å². The highest BCUT2D eigenvalue weighted by Gasteiger charge is 2.21. The highest BCUT2D eigenvalue weighted by molar-refractivity contribution is 7.71. The molecule has 20 heavy (non-hydrogen) atoms. The van der Waals surface area contributed by atoms with Crippen molar-refractivity contribution in [3.8, 4) is 5.75 Å². The van der Waals surface area contributed by atoms with Gasteiger partial charge in [-0.3, -0.25) is 4.79 Å². The lowest BCUT2D eigenvalue weighted by Gasteiger charge is -2.18. The zero-order valence-electron chi connectivity index (χ0n) is 11.7. The normalized spacial score (nSPS) is 12.4. The monoisotopic (exact) mass is 297 g/mol. The number of rotatable bonds is 3. The molecular weight excluding hydrogens is 281 g/mol. The van der Waals surface area contributed by atoms with Crippen LogP contribution in [0.1, 0.15) is 13.0 Å². The molecule has 0 aliphatic rings. The third kappa shape index (κ3) is 2.29. The number of hydrogen-bond donors (Lipinski definition) is 1. The first-order valence-corrected chi connectivity index (χ1v) is 6.46. The summed E-state index contributed by atoms with van der Waals surface area (Å²) in [6.45, 7) is 1.75. The summed E-state index contributed by atoms with van der Waals surface area (Å²) in [6.07, 6.45) is 0. The number of aromatic nitrogens is 2. The van der Waals surface area contributed by atoms with E-state index in [0.717, 1.165) is 0 Å². The second-order valence-electron chi connectivity index (χ2n) is 4.71. The van der Waals surface area contributed by atoms with Gasteiger partial charge in [-0.1, -0.05) is 0 Å². The van der Waals surface area contributed by atoms with Crippen LogP contribution in [0.5, 0.6) is 5.75 Å². The molecule has 1 atom stereocenters. The molecule has 0 aliphatic carbocycles. The number of halogens is 1. The van der Waals surface area contributed by atoms with Gasteiger partial charge in [0.15, 0.2) is 16.3 Å². The van der Waals surface area contributed by atoms with Crippen molar-refractivity contribution >= 4 is 29.2 Å². The summed E-state index contributed by atoms with van der Waals surface area (Å²) in [6, 6.07) is 2.37. The highest BCUT2D eigenvalue weighted by atomic mass is 32.1. The molecule has 1 unspecified atom stereocenters. The minimum absolute atomic E-state index is 0.0923. The number of imidazole rings is 1. The molecule has 0 bridgehead atoms. The zero-order valence-corrected chi connectivity index (χ0v) is 12.5. The van der Waals surface area contributed by atoms with Crippen LogP contribution in [0.25, 0.3) is 11.0 Å². The highest BCUT2D eigenvalue weighted by Crippen LogP contribution is 2.27. The third-order valence-corrected chi connectivity index (χ3v) is 3.47. The summed E-state index contributed by atoms with van der Waals surface area (Å²) in [7, 11) is 4.75. The van der Waals surface area contributed by atoms with E-state index in [4.69, 9.17) is 17.0 Å². The number of nitrogens with zero attached hydrogens (tertiary/aromatic N) is 2. The Kier molecular flexibility index (Phi) is 3.80. The Morgan fingerprint density at radius 3 is 2.70 bits per heavy atom. The molecule has 0 aliphatic heterocycles. The Labute approximate surface area is 121 Å². The largest absolute Gasteiger partial charge is 0.494 e. The van der Waals surface area contributed by atoms with Crippen molar-refractivity contribution in [3.63, 3.8) is 0 Å². The van der Waals surface area contributed by atoms with E-state index in [1.165, 1.54) is 24.1 Å². The number of aromatic amines is 1. The van der Waals surface area contributed by atoms with E-state index < -0.39 is 11.9 Å². The van der Waals surface area contributed by atoms with Gasteiger partial charge < -0.3 is 19.2 Å². The van der Waals surface area contributed by atoms with E-state index in [0.29, 0.717) is 15.8 Å². The quantitative estimate of drug-likeness (QED) is 0.886. The summed E-state index contributed by atoms with van der Waals surface area (Å²) in [5.74, 6) is -0.454. The number of methoxy groups -OCH3 is 1. The molecule has 7 heteroatoms. The molecular formula is C13H16FN3O2S. The fraction of sp³-hybridized carbons (Fsp3) is 0.385. The fourth-order valence-corrected chi connectivity index (χ4v) is 2.52. The van der Waals surface area contributed by atoms with E-state index in [1.54, 1.807) is 25.6 Å². The van der Waals surface area contributed by atoms with Gasteiger partial charge >= 0.3 is 0 Å². The summed E-state index contributed by atoms with van der Waals surface area (Å²) < 4.78 is 20.7. The van der Waals surface area contributed by atoms with Crippen LogP contribution in [0.3, 0.4) is 0 Å². The van der Waals surface area contributed by atoms with Crippen LogP contribution in [-0.2, 0) is 4.79 Å². The second kappa shape index (κ2) is 5.24. The van der Waals surface area contributed by atoms with E-state index in [-0.39, 0.29) is 11.7 Å². The van der Waals surface area contributed by atoms with Gasteiger partial charge in [0.25, 0.3) is 0 Å². The Morgan fingerprint density at radius 1 is 1.50 bits per heavy atom. The average molecular weight is 297 g/mol. The molecule has 1 aromatic heterocycles. The Bertz CT molecular complexity index is 720. The van der Waals surface area contributed by atoms with Crippen molar-refractivity contribution in [1.29, 1.82) is 0 Å². The Balaban J connectivity index is 2.67. The number of H-pyrrole nitrogens is 1. The molecule has 1 amide bonds. The smallest absolute Gasteiger partial charge is 0.244 e. The van der Waals surface area contributed by atoms with Gasteiger partial charge in [-0.2, -0.15) is 0 Å². The Hall–Kier alpha value is -1.89. The van der Waals surface area contributed by atoms with Crippen LogP contribution in [0.4, 0.5) is 4.39 Å². The molecule has 1 aromatic carbocycles. The fourth-order valence-electron chi connectivity index (χ4n) is 2.15.